The first-order valence-corrected chi connectivity index (χ1v) is 8.40. The summed E-state index contributed by atoms with van der Waals surface area (Å²) in [6.07, 6.45) is 0. The van der Waals surface area contributed by atoms with Gasteiger partial charge in [0, 0.05) is 24.2 Å². The first kappa shape index (κ1) is 20.4. The molecular weight excluding hydrogens is 372 g/mol. The summed E-state index contributed by atoms with van der Waals surface area (Å²) in [6.45, 7) is 0.0403. The maximum absolute atomic E-state index is 12.8. The van der Waals surface area contributed by atoms with Crippen molar-refractivity contribution in [2.45, 2.75) is 6.54 Å². The van der Waals surface area contributed by atoms with Crippen molar-refractivity contribution in [1.82, 2.24) is 4.90 Å². The van der Waals surface area contributed by atoms with Crippen LogP contribution in [-0.4, -0.2) is 44.6 Å². The van der Waals surface area contributed by atoms with Gasteiger partial charge in [-0.15, -0.1) is 0 Å². The molecule has 2 rings (SSSR count). The molecule has 0 radical (unpaired) electrons. The number of nitrogens with zero attached hydrogens (tertiary/aromatic N) is 1. The average Bonchev–Trinajstić information content (AvgIpc) is 2.64. The smallest absolute Gasteiger partial charge is 0.255 e. The van der Waals surface area contributed by atoms with Crippen LogP contribution in [0.4, 0.5) is 0 Å². The molecular formula is C19H21ClN2O5. The average molecular weight is 393 g/mol. The molecule has 8 heteroatoms. The number of hydrogen-bond acceptors (Lipinski definition) is 5. The normalized spacial score (nSPS) is 10.2. The van der Waals surface area contributed by atoms with E-state index in [1.54, 1.807) is 24.1 Å². The molecule has 0 saturated carbocycles. The van der Waals surface area contributed by atoms with E-state index in [0.29, 0.717) is 17.1 Å². The van der Waals surface area contributed by atoms with Gasteiger partial charge in [-0.3, -0.25) is 9.59 Å². The van der Waals surface area contributed by atoms with E-state index in [-0.39, 0.29) is 29.8 Å². The van der Waals surface area contributed by atoms with Crippen LogP contribution in [0.5, 0.6) is 17.2 Å². The summed E-state index contributed by atoms with van der Waals surface area (Å²) < 4.78 is 15.9. The number of halogens is 1. The Kier molecular flexibility index (Phi) is 6.90. The minimum absolute atomic E-state index is 0.202. The highest BCUT2D eigenvalue weighted by atomic mass is 35.5. The van der Waals surface area contributed by atoms with Crippen LogP contribution in [0, 0.1) is 0 Å². The van der Waals surface area contributed by atoms with Crippen molar-refractivity contribution < 1.29 is 23.8 Å². The lowest BCUT2D eigenvalue weighted by Gasteiger charge is -2.20. The Morgan fingerprint density at radius 1 is 1.11 bits per heavy atom. The summed E-state index contributed by atoms with van der Waals surface area (Å²) >= 11 is 5.99. The Morgan fingerprint density at radius 3 is 2.26 bits per heavy atom. The van der Waals surface area contributed by atoms with Crippen LogP contribution >= 0.6 is 11.6 Å². The molecule has 0 spiro atoms. The Bertz CT molecular complexity index is 816. The number of primary amides is 1. The number of methoxy groups -OCH3 is 2. The fourth-order valence-electron chi connectivity index (χ4n) is 2.49. The molecule has 0 aliphatic carbocycles. The fourth-order valence-corrected chi connectivity index (χ4v) is 2.70. The van der Waals surface area contributed by atoms with Gasteiger partial charge in [-0.1, -0.05) is 23.7 Å². The highest BCUT2D eigenvalue weighted by Crippen LogP contribution is 2.38. The van der Waals surface area contributed by atoms with E-state index >= 15 is 0 Å². The zero-order valence-electron chi connectivity index (χ0n) is 15.3. The molecule has 0 bridgehead atoms. The first-order valence-electron chi connectivity index (χ1n) is 8.02. The van der Waals surface area contributed by atoms with E-state index in [0.717, 1.165) is 5.56 Å². The summed E-state index contributed by atoms with van der Waals surface area (Å²) in [5.41, 5.74) is 6.36. The molecule has 0 heterocycles. The second-order valence-electron chi connectivity index (χ2n) is 5.76. The molecule has 2 N–H and O–H groups in total. The Morgan fingerprint density at radius 2 is 1.74 bits per heavy atom. The van der Waals surface area contributed by atoms with Crippen molar-refractivity contribution in [2.24, 2.45) is 5.73 Å². The van der Waals surface area contributed by atoms with Gasteiger partial charge < -0.3 is 24.8 Å². The molecule has 0 unspecified atom stereocenters. The number of hydrogen-bond donors (Lipinski definition) is 1. The molecule has 0 aromatic heterocycles. The third kappa shape index (κ3) is 5.27. The number of carbonyl (C=O) groups excluding carboxylic acids is 2. The lowest BCUT2D eigenvalue weighted by molar-refractivity contribution is -0.120. The molecule has 0 atom stereocenters. The van der Waals surface area contributed by atoms with Gasteiger partial charge in [-0.05, 0) is 29.8 Å². The van der Waals surface area contributed by atoms with Crippen molar-refractivity contribution in [2.75, 3.05) is 27.9 Å². The number of amides is 2. The third-order valence-corrected chi connectivity index (χ3v) is 3.96. The summed E-state index contributed by atoms with van der Waals surface area (Å²) in [5.74, 6) is -0.161. The predicted molar refractivity (Wildman–Crippen MR) is 101 cm³/mol. The lowest BCUT2D eigenvalue weighted by Crippen LogP contribution is -2.26. The second kappa shape index (κ2) is 9.14. The molecule has 144 valence electrons. The van der Waals surface area contributed by atoms with Gasteiger partial charge >= 0.3 is 0 Å². The topological polar surface area (TPSA) is 91.1 Å². The van der Waals surface area contributed by atoms with Gasteiger partial charge in [0.25, 0.3) is 11.8 Å². The Labute approximate surface area is 162 Å². The van der Waals surface area contributed by atoms with Crippen LogP contribution in [0.1, 0.15) is 15.9 Å². The minimum Gasteiger partial charge on any atom is -0.493 e. The second-order valence-corrected chi connectivity index (χ2v) is 6.19. The van der Waals surface area contributed by atoms with E-state index < -0.39 is 5.91 Å². The van der Waals surface area contributed by atoms with Crippen LogP contribution in [0.15, 0.2) is 36.4 Å². The number of rotatable bonds is 8. The predicted octanol–water partition coefficient (Wildman–Crippen LogP) is 2.49. The van der Waals surface area contributed by atoms with Gasteiger partial charge in [0.05, 0.1) is 14.2 Å². The molecule has 2 aromatic carbocycles. The standard InChI is InChI=1S/C19H21ClN2O5/c1-22(10-12-5-4-6-14(20)7-12)19(24)13-8-15(25-2)18(16(9-13)26-3)27-11-17(21)23/h4-9H,10-11H2,1-3H3,(H2,21,23). The van der Waals surface area contributed by atoms with Crippen LogP contribution in [0.25, 0.3) is 0 Å². The molecule has 0 saturated heterocycles. The lowest BCUT2D eigenvalue weighted by atomic mass is 10.1. The molecule has 27 heavy (non-hydrogen) atoms. The van der Waals surface area contributed by atoms with E-state index in [9.17, 15) is 9.59 Å². The molecule has 2 aromatic rings. The zero-order valence-corrected chi connectivity index (χ0v) is 16.1. The molecule has 0 aliphatic heterocycles. The highest BCUT2D eigenvalue weighted by molar-refractivity contribution is 6.30. The third-order valence-electron chi connectivity index (χ3n) is 3.72. The summed E-state index contributed by atoms with van der Waals surface area (Å²) in [6, 6.07) is 10.3. The van der Waals surface area contributed by atoms with Gasteiger partial charge in [0.1, 0.15) is 0 Å². The Balaban J connectivity index is 2.28. The van der Waals surface area contributed by atoms with E-state index in [2.05, 4.69) is 0 Å². The van der Waals surface area contributed by atoms with Crippen LogP contribution in [0.2, 0.25) is 5.02 Å². The van der Waals surface area contributed by atoms with E-state index in [1.807, 2.05) is 12.1 Å². The summed E-state index contributed by atoms with van der Waals surface area (Å²) in [5, 5.41) is 0.604. The van der Waals surface area contributed by atoms with E-state index in [1.165, 1.54) is 26.4 Å². The van der Waals surface area contributed by atoms with Crippen molar-refractivity contribution in [3.8, 4) is 17.2 Å². The van der Waals surface area contributed by atoms with Crippen molar-refractivity contribution >= 4 is 23.4 Å². The quantitative estimate of drug-likeness (QED) is 0.745. The first-order chi connectivity index (χ1) is 12.8. The maximum atomic E-state index is 12.8. The number of benzene rings is 2. The van der Waals surface area contributed by atoms with Gasteiger partial charge in [0.15, 0.2) is 18.1 Å². The van der Waals surface area contributed by atoms with Crippen LogP contribution in [-0.2, 0) is 11.3 Å². The number of nitrogens with two attached hydrogens (primary N) is 1. The maximum Gasteiger partial charge on any atom is 0.255 e. The number of carbonyl (C=O) groups is 2. The molecule has 7 nitrogen and oxygen atoms in total. The Hall–Kier alpha value is -2.93. The summed E-state index contributed by atoms with van der Waals surface area (Å²) in [4.78, 5) is 25.3. The van der Waals surface area contributed by atoms with Gasteiger partial charge in [0.2, 0.25) is 5.75 Å². The monoisotopic (exact) mass is 392 g/mol. The van der Waals surface area contributed by atoms with Crippen molar-refractivity contribution in [3.63, 3.8) is 0 Å². The van der Waals surface area contributed by atoms with Crippen molar-refractivity contribution in [1.29, 1.82) is 0 Å². The number of ether oxygens (including phenoxy) is 3. The van der Waals surface area contributed by atoms with E-state index in [4.69, 9.17) is 31.5 Å². The molecule has 0 fully saturated rings. The van der Waals surface area contributed by atoms with Crippen LogP contribution < -0.4 is 19.9 Å². The molecule has 2 amide bonds. The zero-order chi connectivity index (χ0) is 20.0. The van der Waals surface area contributed by atoms with Crippen molar-refractivity contribution in [3.05, 3.63) is 52.5 Å². The fraction of sp³-hybridized carbons (Fsp3) is 0.263. The highest BCUT2D eigenvalue weighted by Gasteiger charge is 2.20. The summed E-state index contributed by atoms with van der Waals surface area (Å²) in [7, 11) is 4.53. The SMILES string of the molecule is COc1cc(C(=O)N(C)Cc2cccc(Cl)c2)cc(OC)c1OCC(N)=O. The minimum atomic E-state index is -0.638. The van der Waals surface area contributed by atoms with Crippen LogP contribution in [0.3, 0.4) is 0 Å². The van der Waals surface area contributed by atoms with Gasteiger partial charge in [-0.2, -0.15) is 0 Å². The van der Waals surface area contributed by atoms with Gasteiger partial charge in [-0.25, -0.2) is 0 Å². The molecule has 0 aliphatic rings. The largest absolute Gasteiger partial charge is 0.493 e.